The summed E-state index contributed by atoms with van der Waals surface area (Å²) in [5.41, 5.74) is 4.17. The second-order valence-corrected chi connectivity index (χ2v) is 7.45. The molecule has 0 saturated carbocycles. The molecule has 5 heteroatoms. The Morgan fingerprint density at radius 3 is 2.50 bits per heavy atom. The highest BCUT2D eigenvalue weighted by Gasteiger charge is 2.32. The molecule has 5 nitrogen and oxygen atoms in total. The third-order valence-electron chi connectivity index (χ3n) is 5.28. The highest BCUT2D eigenvalue weighted by molar-refractivity contribution is 6.01. The lowest BCUT2D eigenvalue weighted by atomic mass is 10.1. The fraction of sp³-hybridized carbons (Fsp3) is 0.391. The van der Waals surface area contributed by atoms with Gasteiger partial charge in [-0.05, 0) is 48.6 Å². The topological polar surface area (TPSA) is 52.7 Å². The summed E-state index contributed by atoms with van der Waals surface area (Å²) in [4.78, 5) is 29.5. The van der Waals surface area contributed by atoms with Crippen LogP contribution in [0.5, 0.6) is 0 Å². The smallest absolute Gasteiger partial charge is 0.243 e. The molecule has 0 bridgehead atoms. The number of hydrogen-bond donors (Lipinski definition) is 1. The van der Waals surface area contributed by atoms with Gasteiger partial charge >= 0.3 is 0 Å². The Kier molecular flexibility index (Phi) is 6.34. The monoisotopic (exact) mass is 379 g/mol. The van der Waals surface area contributed by atoms with E-state index in [1.54, 1.807) is 4.90 Å². The molecule has 2 aromatic carbocycles. The minimum Gasteiger partial charge on any atom is -0.378 e. The van der Waals surface area contributed by atoms with Gasteiger partial charge in [0.15, 0.2) is 0 Å². The molecule has 28 heavy (non-hydrogen) atoms. The van der Waals surface area contributed by atoms with E-state index in [9.17, 15) is 9.59 Å². The van der Waals surface area contributed by atoms with Crippen LogP contribution in [0.3, 0.4) is 0 Å². The maximum Gasteiger partial charge on any atom is 0.243 e. The normalized spacial score (nSPS) is 14.8. The minimum absolute atomic E-state index is 0.0299. The predicted octanol–water partition coefficient (Wildman–Crippen LogP) is 3.52. The third-order valence-corrected chi connectivity index (χ3v) is 5.28. The van der Waals surface area contributed by atoms with E-state index in [1.165, 1.54) is 0 Å². The average molecular weight is 380 g/mol. The van der Waals surface area contributed by atoms with Gasteiger partial charge in [0, 0.05) is 38.4 Å². The Morgan fingerprint density at radius 1 is 1.11 bits per heavy atom. The van der Waals surface area contributed by atoms with E-state index >= 15 is 0 Å². The van der Waals surface area contributed by atoms with Crippen molar-refractivity contribution in [1.29, 1.82) is 0 Å². The number of para-hydroxylation sites is 1. The van der Waals surface area contributed by atoms with E-state index < -0.39 is 6.04 Å². The maximum atomic E-state index is 13.0. The zero-order valence-corrected chi connectivity index (χ0v) is 16.9. The lowest BCUT2D eigenvalue weighted by Gasteiger charge is -2.30. The summed E-state index contributed by atoms with van der Waals surface area (Å²) in [6.07, 6.45) is 2.74. The summed E-state index contributed by atoms with van der Waals surface area (Å²) >= 11 is 0. The van der Waals surface area contributed by atoms with E-state index in [0.717, 1.165) is 35.3 Å². The number of carbonyl (C=O) groups excluding carboxylic acids is 2. The van der Waals surface area contributed by atoms with E-state index in [2.05, 4.69) is 11.4 Å². The van der Waals surface area contributed by atoms with Gasteiger partial charge in [-0.3, -0.25) is 14.5 Å². The van der Waals surface area contributed by atoms with Crippen LogP contribution < -0.4 is 15.1 Å². The maximum absolute atomic E-state index is 13.0. The van der Waals surface area contributed by atoms with Gasteiger partial charge in [-0.25, -0.2) is 0 Å². The zero-order valence-electron chi connectivity index (χ0n) is 16.9. The van der Waals surface area contributed by atoms with Crippen molar-refractivity contribution in [1.82, 2.24) is 5.32 Å². The van der Waals surface area contributed by atoms with Crippen molar-refractivity contribution in [2.75, 3.05) is 23.9 Å². The fourth-order valence-corrected chi connectivity index (χ4v) is 3.69. The highest BCUT2D eigenvalue weighted by atomic mass is 16.2. The van der Waals surface area contributed by atoms with Crippen molar-refractivity contribution in [3.05, 3.63) is 59.7 Å². The average Bonchev–Trinajstić information content (AvgIpc) is 2.86. The number of rotatable bonds is 6. The van der Waals surface area contributed by atoms with Gasteiger partial charge in [0.1, 0.15) is 6.04 Å². The van der Waals surface area contributed by atoms with Crippen molar-refractivity contribution in [3.63, 3.8) is 0 Å². The molecule has 1 aliphatic rings. The van der Waals surface area contributed by atoms with Gasteiger partial charge < -0.3 is 10.2 Å². The molecular formula is C23H29N3O2. The molecule has 1 aliphatic heterocycles. The number of carbonyl (C=O) groups is 2. The third kappa shape index (κ3) is 4.35. The van der Waals surface area contributed by atoms with Crippen LogP contribution in [0.25, 0.3) is 0 Å². The number of amides is 2. The number of anilines is 2. The summed E-state index contributed by atoms with van der Waals surface area (Å²) in [6, 6.07) is 15.5. The first kappa shape index (κ1) is 19.9. The van der Waals surface area contributed by atoms with Crippen LogP contribution in [-0.2, 0) is 22.6 Å². The number of nitrogens with one attached hydrogen (secondary N) is 1. The first-order valence-electron chi connectivity index (χ1n) is 9.95. The molecule has 0 aliphatic carbocycles. The first-order valence-corrected chi connectivity index (χ1v) is 9.95. The van der Waals surface area contributed by atoms with Crippen LogP contribution in [0.1, 0.15) is 37.3 Å². The quantitative estimate of drug-likeness (QED) is 0.836. The molecule has 148 valence electrons. The summed E-state index contributed by atoms with van der Waals surface area (Å²) in [6.45, 7) is 2.41. The van der Waals surface area contributed by atoms with Crippen LogP contribution >= 0.6 is 0 Å². The number of nitrogens with zero attached hydrogens (tertiary/aromatic N) is 2. The minimum atomic E-state index is -0.493. The molecule has 0 radical (unpaired) electrons. The molecule has 2 amide bonds. The van der Waals surface area contributed by atoms with Crippen molar-refractivity contribution in [3.8, 4) is 0 Å². The SMILES string of the molecule is CC[C@@H](C(=O)NCc1ccc(N(C)C)cc1)N1C(=O)CCCc2ccccc21. The Bertz CT molecular complexity index is 830. The molecule has 1 atom stereocenters. The lowest BCUT2D eigenvalue weighted by molar-refractivity contribution is -0.126. The summed E-state index contributed by atoms with van der Waals surface area (Å²) in [5, 5.41) is 3.02. The molecule has 2 aromatic rings. The van der Waals surface area contributed by atoms with Crippen molar-refractivity contribution in [2.24, 2.45) is 0 Å². The Morgan fingerprint density at radius 2 is 1.82 bits per heavy atom. The van der Waals surface area contributed by atoms with Crippen LogP contribution in [0, 0.1) is 0 Å². The highest BCUT2D eigenvalue weighted by Crippen LogP contribution is 2.29. The number of aryl methyl sites for hydroxylation is 1. The predicted molar refractivity (Wildman–Crippen MR) is 114 cm³/mol. The van der Waals surface area contributed by atoms with Gasteiger partial charge in [-0.1, -0.05) is 37.3 Å². The van der Waals surface area contributed by atoms with Gasteiger partial charge in [-0.2, -0.15) is 0 Å². The van der Waals surface area contributed by atoms with E-state index in [1.807, 2.05) is 68.4 Å². The summed E-state index contributed by atoms with van der Waals surface area (Å²) in [5.74, 6) is -0.0773. The van der Waals surface area contributed by atoms with Gasteiger partial charge in [-0.15, -0.1) is 0 Å². The summed E-state index contributed by atoms with van der Waals surface area (Å²) < 4.78 is 0. The number of hydrogen-bond acceptors (Lipinski definition) is 3. The molecule has 0 unspecified atom stereocenters. The van der Waals surface area contributed by atoms with Crippen LogP contribution in [-0.4, -0.2) is 32.0 Å². The van der Waals surface area contributed by atoms with Crippen molar-refractivity contribution >= 4 is 23.2 Å². The molecule has 0 fully saturated rings. The van der Waals surface area contributed by atoms with Gasteiger partial charge in [0.05, 0.1) is 0 Å². The second kappa shape index (κ2) is 8.91. The van der Waals surface area contributed by atoms with E-state index in [-0.39, 0.29) is 11.8 Å². The fourth-order valence-electron chi connectivity index (χ4n) is 3.69. The lowest BCUT2D eigenvalue weighted by Crippen LogP contribution is -2.49. The zero-order chi connectivity index (χ0) is 20.1. The Labute approximate surface area is 167 Å². The van der Waals surface area contributed by atoms with Crippen molar-refractivity contribution in [2.45, 2.75) is 45.2 Å². The molecular weight excluding hydrogens is 350 g/mol. The first-order chi connectivity index (χ1) is 13.5. The Balaban J connectivity index is 1.75. The van der Waals surface area contributed by atoms with E-state index in [4.69, 9.17) is 0 Å². The molecule has 0 saturated heterocycles. The van der Waals surface area contributed by atoms with Gasteiger partial charge in [0.2, 0.25) is 11.8 Å². The number of benzene rings is 2. The second-order valence-electron chi connectivity index (χ2n) is 7.45. The van der Waals surface area contributed by atoms with Gasteiger partial charge in [0.25, 0.3) is 0 Å². The molecule has 1 N–H and O–H groups in total. The summed E-state index contributed by atoms with van der Waals surface area (Å²) in [7, 11) is 4.00. The molecule has 0 aromatic heterocycles. The number of fused-ring (bicyclic) bond motifs is 1. The van der Waals surface area contributed by atoms with Crippen LogP contribution in [0.2, 0.25) is 0 Å². The van der Waals surface area contributed by atoms with E-state index in [0.29, 0.717) is 19.4 Å². The standard InChI is InChI=1S/C23H29N3O2/c1-4-20(23(28)24-16-17-12-14-19(15-13-17)25(2)3)26-21-10-6-5-8-18(21)9-7-11-22(26)27/h5-6,8,10,12-15,20H,4,7,9,11,16H2,1-3H3,(H,24,28)/t20-/m0/s1. The Hall–Kier alpha value is -2.82. The largest absolute Gasteiger partial charge is 0.378 e. The molecule has 3 rings (SSSR count). The van der Waals surface area contributed by atoms with Crippen LogP contribution in [0.4, 0.5) is 11.4 Å². The van der Waals surface area contributed by atoms with Crippen LogP contribution in [0.15, 0.2) is 48.5 Å². The molecule has 1 heterocycles. The van der Waals surface area contributed by atoms with Crippen molar-refractivity contribution < 1.29 is 9.59 Å². The molecule has 0 spiro atoms.